The van der Waals surface area contributed by atoms with Crippen molar-refractivity contribution >= 4 is 0 Å². The second-order valence-corrected chi connectivity index (χ2v) is 5.89. The number of nitrogens with two attached hydrogens (primary N) is 1. The molecule has 108 valence electrons. The quantitative estimate of drug-likeness (QED) is 0.674. The summed E-state index contributed by atoms with van der Waals surface area (Å²) in [4.78, 5) is 0. The third-order valence-electron chi connectivity index (χ3n) is 3.45. The van der Waals surface area contributed by atoms with Crippen LogP contribution in [-0.4, -0.2) is 26.8 Å². The molecule has 1 aromatic carbocycles. The van der Waals surface area contributed by atoms with Gasteiger partial charge in [-0.05, 0) is 30.4 Å². The van der Waals surface area contributed by atoms with Crippen molar-refractivity contribution in [3.63, 3.8) is 0 Å². The smallest absolute Gasteiger partial charge is 0.0467 e. The summed E-state index contributed by atoms with van der Waals surface area (Å²) >= 11 is 0. The lowest BCUT2D eigenvalue weighted by atomic mass is 9.89. The number of benzene rings is 1. The third-order valence-corrected chi connectivity index (χ3v) is 3.45. The second kappa shape index (κ2) is 8.31. The zero-order valence-electron chi connectivity index (χ0n) is 12.5. The van der Waals surface area contributed by atoms with Crippen molar-refractivity contribution in [2.45, 2.75) is 32.7 Å². The summed E-state index contributed by atoms with van der Waals surface area (Å²) < 4.78 is 5.13. The zero-order chi connectivity index (χ0) is 14.1. The van der Waals surface area contributed by atoms with Gasteiger partial charge in [-0.1, -0.05) is 44.2 Å². The highest BCUT2D eigenvalue weighted by Gasteiger charge is 2.16. The molecule has 0 amide bonds. The summed E-state index contributed by atoms with van der Waals surface area (Å²) in [5.74, 6) is 0. The topological polar surface area (TPSA) is 47.3 Å². The van der Waals surface area contributed by atoms with E-state index in [0.29, 0.717) is 0 Å². The molecule has 3 heteroatoms. The van der Waals surface area contributed by atoms with E-state index in [0.717, 1.165) is 32.5 Å². The lowest BCUT2D eigenvalue weighted by Crippen LogP contribution is -2.32. The number of rotatable bonds is 9. The molecular weight excluding hydrogens is 236 g/mol. The first kappa shape index (κ1) is 16.2. The van der Waals surface area contributed by atoms with Gasteiger partial charge in [0.2, 0.25) is 0 Å². The minimum atomic E-state index is 0.121. The van der Waals surface area contributed by atoms with Crippen LogP contribution in [0.1, 0.15) is 38.3 Å². The fourth-order valence-corrected chi connectivity index (χ4v) is 2.02. The van der Waals surface area contributed by atoms with Gasteiger partial charge in [-0.15, -0.1) is 0 Å². The van der Waals surface area contributed by atoms with E-state index in [1.807, 2.05) is 18.2 Å². The van der Waals surface area contributed by atoms with Crippen molar-refractivity contribution in [2.24, 2.45) is 11.1 Å². The van der Waals surface area contributed by atoms with E-state index in [2.05, 4.69) is 31.3 Å². The summed E-state index contributed by atoms with van der Waals surface area (Å²) in [5, 5.41) is 3.50. The van der Waals surface area contributed by atoms with Gasteiger partial charge in [0.05, 0.1) is 0 Å². The zero-order valence-corrected chi connectivity index (χ0v) is 12.5. The highest BCUT2D eigenvalue weighted by Crippen LogP contribution is 2.19. The first-order valence-electron chi connectivity index (χ1n) is 7.05. The molecule has 3 N–H and O–H groups in total. The van der Waals surface area contributed by atoms with Gasteiger partial charge in [0.25, 0.3) is 0 Å². The first-order chi connectivity index (χ1) is 9.05. The van der Waals surface area contributed by atoms with Crippen molar-refractivity contribution in [3.8, 4) is 0 Å². The number of ether oxygens (including phenoxy) is 1. The van der Waals surface area contributed by atoms with Crippen LogP contribution in [0.25, 0.3) is 0 Å². The third kappa shape index (κ3) is 6.71. The van der Waals surface area contributed by atoms with Crippen LogP contribution in [0.2, 0.25) is 0 Å². The fraction of sp³-hybridized carbons (Fsp3) is 0.625. The van der Waals surface area contributed by atoms with Gasteiger partial charge in [0, 0.05) is 26.3 Å². The van der Waals surface area contributed by atoms with E-state index < -0.39 is 0 Å². The molecule has 1 unspecified atom stereocenters. The molecular formula is C16H28N2O. The molecule has 1 atom stereocenters. The Hall–Kier alpha value is -0.900. The van der Waals surface area contributed by atoms with Crippen molar-refractivity contribution in [1.82, 2.24) is 5.32 Å². The maximum absolute atomic E-state index is 6.17. The minimum Gasteiger partial charge on any atom is -0.385 e. The second-order valence-electron chi connectivity index (χ2n) is 5.89. The molecule has 0 saturated carbocycles. The average molecular weight is 264 g/mol. The van der Waals surface area contributed by atoms with E-state index in [4.69, 9.17) is 10.5 Å². The van der Waals surface area contributed by atoms with Gasteiger partial charge in [0.1, 0.15) is 0 Å². The van der Waals surface area contributed by atoms with Crippen LogP contribution in [0, 0.1) is 5.41 Å². The van der Waals surface area contributed by atoms with Crippen molar-refractivity contribution in [2.75, 3.05) is 26.8 Å². The van der Waals surface area contributed by atoms with E-state index in [9.17, 15) is 0 Å². The van der Waals surface area contributed by atoms with Gasteiger partial charge >= 0.3 is 0 Å². The number of hydrogen-bond donors (Lipinski definition) is 2. The van der Waals surface area contributed by atoms with E-state index in [1.54, 1.807) is 7.11 Å². The highest BCUT2D eigenvalue weighted by atomic mass is 16.5. The molecule has 0 aromatic heterocycles. The van der Waals surface area contributed by atoms with Crippen LogP contribution < -0.4 is 11.1 Å². The molecule has 0 heterocycles. The van der Waals surface area contributed by atoms with Crippen LogP contribution in [-0.2, 0) is 4.74 Å². The maximum Gasteiger partial charge on any atom is 0.0467 e. The molecule has 1 aromatic rings. The molecule has 0 fully saturated rings. The van der Waals surface area contributed by atoms with E-state index in [-0.39, 0.29) is 11.5 Å². The summed E-state index contributed by atoms with van der Waals surface area (Å²) in [6.07, 6.45) is 2.03. The van der Waals surface area contributed by atoms with Gasteiger partial charge in [-0.2, -0.15) is 0 Å². The Balaban J connectivity index is 2.20. The molecule has 0 aliphatic rings. The summed E-state index contributed by atoms with van der Waals surface area (Å²) in [6.45, 7) is 7.29. The number of methoxy groups -OCH3 is 1. The molecule has 19 heavy (non-hydrogen) atoms. The Morgan fingerprint density at radius 2 is 1.95 bits per heavy atom. The van der Waals surface area contributed by atoms with E-state index in [1.165, 1.54) is 5.56 Å². The Bertz CT molecular complexity index is 338. The predicted molar refractivity (Wildman–Crippen MR) is 81.1 cm³/mol. The summed E-state index contributed by atoms with van der Waals surface area (Å²) in [6, 6.07) is 10.4. The molecule has 1 rings (SSSR count). The molecule has 0 radical (unpaired) electrons. The monoisotopic (exact) mass is 264 g/mol. The van der Waals surface area contributed by atoms with Crippen LogP contribution in [0.5, 0.6) is 0 Å². The van der Waals surface area contributed by atoms with Crippen LogP contribution >= 0.6 is 0 Å². The number of nitrogens with one attached hydrogen (secondary N) is 1. The lowest BCUT2D eigenvalue weighted by Gasteiger charge is -2.25. The molecule has 0 aliphatic carbocycles. The number of hydrogen-bond acceptors (Lipinski definition) is 3. The standard InChI is InChI=1S/C16H28N2O/c1-16(2,10-12-19-3)13-18-11-9-15(17)14-7-5-4-6-8-14/h4-8,15,18H,9-13,17H2,1-3H3. The molecule has 0 spiro atoms. The Morgan fingerprint density at radius 1 is 1.26 bits per heavy atom. The van der Waals surface area contributed by atoms with Crippen molar-refractivity contribution in [3.05, 3.63) is 35.9 Å². The lowest BCUT2D eigenvalue weighted by molar-refractivity contribution is 0.151. The summed E-state index contributed by atoms with van der Waals surface area (Å²) in [5.41, 5.74) is 7.65. The predicted octanol–water partition coefficient (Wildman–Crippen LogP) is 2.73. The molecule has 0 aliphatic heterocycles. The Labute approximate surface area is 117 Å². The molecule has 3 nitrogen and oxygen atoms in total. The first-order valence-corrected chi connectivity index (χ1v) is 7.05. The maximum atomic E-state index is 6.17. The average Bonchev–Trinajstić information content (AvgIpc) is 2.42. The molecule has 0 bridgehead atoms. The fourth-order valence-electron chi connectivity index (χ4n) is 2.02. The highest BCUT2D eigenvalue weighted by molar-refractivity contribution is 5.18. The summed E-state index contributed by atoms with van der Waals surface area (Å²) in [7, 11) is 1.75. The van der Waals surface area contributed by atoms with Gasteiger partial charge in [-0.3, -0.25) is 0 Å². The van der Waals surface area contributed by atoms with E-state index >= 15 is 0 Å². The Kier molecular flexibility index (Phi) is 7.06. The SMILES string of the molecule is COCCC(C)(C)CNCCC(N)c1ccccc1. The van der Waals surface area contributed by atoms with Gasteiger partial charge in [0.15, 0.2) is 0 Å². The van der Waals surface area contributed by atoms with Crippen LogP contribution in [0.15, 0.2) is 30.3 Å². The largest absolute Gasteiger partial charge is 0.385 e. The van der Waals surface area contributed by atoms with Gasteiger partial charge < -0.3 is 15.8 Å². The van der Waals surface area contributed by atoms with Crippen LogP contribution in [0.4, 0.5) is 0 Å². The van der Waals surface area contributed by atoms with Crippen molar-refractivity contribution < 1.29 is 4.74 Å². The molecule has 0 saturated heterocycles. The Morgan fingerprint density at radius 3 is 2.58 bits per heavy atom. The normalized spacial score (nSPS) is 13.5. The minimum absolute atomic E-state index is 0.121. The van der Waals surface area contributed by atoms with Crippen molar-refractivity contribution in [1.29, 1.82) is 0 Å². The van der Waals surface area contributed by atoms with Crippen LogP contribution in [0.3, 0.4) is 0 Å². The van der Waals surface area contributed by atoms with Gasteiger partial charge in [-0.25, -0.2) is 0 Å².